The van der Waals surface area contributed by atoms with Gasteiger partial charge in [0.05, 0.1) is 17.1 Å². The number of hydrogen-bond acceptors (Lipinski definition) is 5. The van der Waals surface area contributed by atoms with Crippen molar-refractivity contribution in [2.24, 2.45) is 17.4 Å². The third-order valence-corrected chi connectivity index (χ3v) is 6.59. The van der Waals surface area contributed by atoms with Crippen LogP contribution in [0.5, 0.6) is 5.75 Å². The molecule has 30 heavy (non-hydrogen) atoms. The number of nitrogen functional groups attached to an aromatic ring is 2. The molecule has 156 valence electrons. The van der Waals surface area contributed by atoms with Crippen LogP contribution in [0.4, 0.5) is 0 Å². The fraction of sp³-hybridized carbons (Fsp3) is 0.318. The first-order valence-electron chi connectivity index (χ1n) is 10.1. The van der Waals surface area contributed by atoms with Gasteiger partial charge in [-0.2, -0.15) is 0 Å². The Morgan fingerprint density at radius 2 is 1.67 bits per heavy atom. The van der Waals surface area contributed by atoms with E-state index >= 15 is 0 Å². The molecule has 3 aromatic rings. The van der Waals surface area contributed by atoms with Crippen LogP contribution >= 0.6 is 11.8 Å². The Hall–Kier alpha value is -3.00. The molecule has 0 radical (unpaired) electrons. The highest BCUT2D eigenvalue weighted by molar-refractivity contribution is 7.99. The highest BCUT2D eigenvalue weighted by Crippen LogP contribution is 2.32. The van der Waals surface area contributed by atoms with Crippen LogP contribution in [0, 0.1) is 16.7 Å². The van der Waals surface area contributed by atoms with Crippen molar-refractivity contribution in [3.05, 3.63) is 53.6 Å². The second-order valence-electron chi connectivity index (χ2n) is 7.70. The summed E-state index contributed by atoms with van der Waals surface area (Å²) in [5.41, 5.74) is 14.3. The summed E-state index contributed by atoms with van der Waals surface area (Å²) in [4.78, 5) is 7.97. The summed E-state index contributed by atoms with van der Waals surface area (Å²) in [7, 11) is 0. The number of rotatable bonds is 7. The SMILES string of the molecule is N=C(N)c1ccc(OC2CCC(CSc3nc4ccc(C(=N)N)cc4[nH]3)CC2)cc1. The van der Waals surface area contributed by atoms with Crippen LogP contribution < -0.4 is 16.2 Å². The molecule has 1 aromatic heterocycles. The lowest BCUT2D eigenvalue weighted by molar-refractivity contribution is 0.136. The van der Waals surface area contributed by atoms with Crippen molar-refractivity contribution in [2.45, 2.75) is 36.9 Å². The molecule has 0 spiro atoms. The van der Waals surface area contributed by atoms with Gasteiger partial charge in [0.2, 0.25) is 0 Å². The third kappa shape index (κ3) is 4.76. The monoisotopic (exact) mass is 422 g/mol. The van der Waals surface area contributed by atoms with Gasteiger partial charge in [0, 0.05) is 16.9 Å². The molecule has 1 heterocycles. The molecule has 4 rings (SSSR count). The van der Waals surface area contributed by atoms with E-state index in [2.05, 4.69) is 9.97 Å². The van der Waals surface area contributed by atoms with Crippen LogP contribution in [0.15, 0.2) is 47.6 Å². The van der Waals surface area contributed by atoms with Gasteiger partial charge in [-0.25, -0.2) is 4.98 Å². The minimum absolute atomic E-state index is 0.0643. The molecule has 0 bridgehead atoms. The number of benzene rings is 2. The molecular formula is C22H26N6OS. The fourth-order valence-corrected chi connectivity index (χ4v) is 4.81. The second-order valence-corrected chi connectivity index (χ2v) is 8.71. The zero-order valence-corrected chi connectivity index (χ0v) is 17.5. The van der Waals surface area contributed by atoms with E-state index in [4.69, 9.17) is 27.0 Å². The summed E-state index contributed by atoms with van der Waals surface area (Å²) in [6.45, 7) is 0. The lowest BCUT2D eigenvalue weighted by Gasteiger charge is -2.28. The van der Waals surface area contributed by atoms with Gasteiger partial charge in [-0.15, -0.1) is 0 Å². The minimum atomic E-state index is 0.0643. The van der Waals surface area contributed by atoms with E-state index in [0.29, 0.717) is 17.0 Å². The smallest absolute Gasteiger partial charge is 0.166 e. The van der Waals surface area contributed by atoms with E-state index in [1.165, 1.54) is 0 Å². The summed E-state index contributed by atoms with van der Waals surface area (Å²) in [5, 5.41) is 15.9. The summed E-state index contributed by atoms with van der Waals surface area (Å²) < 4.78 is 6.11. The number of aromatic amines is 1. The van der Waals surface area contributed by atoms with E-state index < -0.39 is 0 Å². The lowest BCUT2D eigenvalue weighted by atomic mass is 9.89. The van der Waals surface area contributed by atoms with Gasteiger partial charge in [-0.3, -0.25) is 10.8 Å². The molecule has 1 aliphatic rings. The van der Waals surface area contributed by atoms with Gasteiger partial charge < -0.3 is 21.2 Å². The molecule has 0 amide bonds. The molecular weight excluding hydrogens is 396 g/mol. The highest BCUT2D eigenvalue weighted by Gasteiger charge is 2.23. The van der Waals surface area contributed by atoms with Crippen LogP contribution in [0.3, 0.4) is 0 Å². The normalized spacial score (nSPS) is 18.9. The van der Waals surface area contributed by atoms with Gasteiger partial charge in [0.15, 0.2) is 5.16 Å². The molecule has 1 saturated carbocycles. The summed E-state index contributed by atoms with van der Waals surface area (Å²) >= 11 is 1.75. The largest absolute Gasteiger partial charge is 0.490 e. The standard InChI is InChI=1S/C22H26N6OS/c23-20(24)14-3-8-17(9-4-14)29-16-6-1-13(2-7-16)12-30-22-27-18-10-5-15(21(25)26)11-19(18)28-22/h3-5,8-11,13,16H,1-2,6-7,12H2,(H3,23,24)(H3,25,26)(H,27,28). The number of nitrogens with two attached hydrogens (primary N) is 2. The Morgan fingerprint density at radius 3 is 2.33 bits per heavy atom. The molecule has 0 atom stereocenters. The van der Waals surface area contributed by atoms with Crippen LogP contribution in [0.2, 0.25) is 0 Å². The molecule has 1 fully saturated rings. The first kappa shape index (κ1) is 20.3. The second kappa shape index (κ2) is 8.79. The van der Waals surface area contributed by atoms with E-state index in [9.17, 15) is 0 Å². The molecule has 0 unspecified atom stereocenters. The average molecular weight is 423 g/mol. The first-order chi connectivity index (χ1) is 14.5. The van der Waals surface area contributed by atoms with Gasteiger partial charge in [0.1, 0.15) is 17.4 Å². The average Bonchev–Trinajstić information content (AvgIpc) is 3.16. The lowest BCUT2D eigenvalue weighted by Crippen LogP contribution is -2.25. The predicted octanol–water partition coefficient (Wildman–Crippen LogP) is 3.86. The van der Waals surface area contributed by atoms with E-state index in [-0.39, 0.29) is 17.8 Å². The molecule has 1 aliphatic carbocycles. The third-order valence-electron chi connectivity index (χ3n) is 5.49. The number of hydrogen-bond donors (Lipinski definition) is 5. The maximum atomic E-state index is 7.56. The summed E-state index contributed by atoms with van der Waals surface area (Å²) in [5.74, 6) is 2.65. The molecule has 7 nitrogen and oxygen atoms in total. The Labute approximate surface area is 179 Å². The minimum Gasteiger partial charge on any atom is -0.490 e. The predicted molar refractivity (Wildman–Crippen MR) is 122 cm³/mol. The van der Waals surface area contributed by atoms with Crippen LogP contribution in [0.1, 0.15) is 36.8 Å². The molecule has 2 aromatic carbocycles. The van der Waals surface area contributed by atoms with Crippen LogP contribution in [-0.4, -0.2) is 33.5 Å². The molecule has 8 heteroatoms. The van der Waals surface area contributed by atoms with Gasteiger partial charge >= 0.3 is 0 Å². The number of ether oxygens (including phenoxy) is 1. The number of aromatic nitrogens is 2. The Bertz CT molecular complexity index is 1050. The van der Waals surface area contributed by atoms with Crippen molar-refractivity contribution in [3.8, 4) is 5.75 Å². The number of H-pyrrole nitrogens is 1. The first-order valence-corrected chi connectivity index (χ1v) is 11.0. The van der Waals surface area contributed by atoms with Crippen molar-refractivity contribution >= 4 is 34.5 Å². The molecule has 7 N–H and O–H groups in total. The number of fused-ring (bicyclic) bond motifs is 1. The van der Waals surface area contributed by atoms with Crippen LogP contribution in [0.25, 0.3) is 11.0 Å². The highest BCUT2D eigenvalue weighted by atomic mass is 32.2. The van der Waals surface area contributed by atoms with Gasteiger partial charge in [-0.05, 0) is 74.1 Å². The Balaban J connectivity index is 1.26. The molecule has 0 saturated heterocycles. The van der Waals surface area contributed by atoms with Crippen molar-refractivity contribution in [3.63, 3.8) is 0 Å². The Kier molecular flexibility index (Phi) is 5.94. The van der Waals surface area contributed by atoms with Crippen LogP contribution in [-0.2, 0) is 0 Å². The fourth-order valence-electron chi connectivity index (χ4n) is 3.74. The number of nitrogens with one attached hydrogen (secondary N) is 3. The maximum absolute atomic E-state index is 7.56. The number of amidine groups is 2. The van der Waals surface area contributed by atoms with Crippen molar-refractivity contribution in [1.82, 2.24) is 9.97 Å². The van der Waals surface area contributed by atoms with Crippen molar-refractivity contribution in [2.75, 3.05) is 5.75 Å². The van der Waals surface area contributed by atoms with Crippen molar-refractivity contribution < 1.29 is 4.74 Å². The summed E-state index contributed by atoms with van der Waals surface area (Å²) in [6.07, 6.45) is 4.60. The number of nitrogens with zero attached hydrogens (tertiary/aromatic N) is 1. The topological polar surface area (TPSA) is 138 Å². The van der Waals surface area contributed by atoms with E-state index in [0.717, 1.165) is 53.4 Å². The number of imidazole rings is 1. The van der Waals surface area contributed by atoms with Crippen molar-refractivity contribution in [1.29, 1.82) is 10.8 Å². The van der Waals surface area contributed by atoms with Gasteiger partial charge in [0.25, 0.3) is 0 Å². The molecule has 0 aliphatic heterocycles. The quantitative estimate of drug-likeness (QED) is 0.224. The van der Waals surface area contributed by atoms with E-state index in [1.54, 1.807) is 11.8 Å². The zero-order valence-electron chi connectivity index (χ0n) is 16.7. The van der Waals surface area contributed by atoms with Gasteiger partial charge in [-0.1, -0.05) is 11.8 Å². The zero-order chi connectivity index (χ0) is 21.1. The summed E-state index contributed by atoms with van der Waals surface area (Å²) in [6, 6.07) is 13.0. The maximum Gasteiger partial charge on any atom is 0.166 e. The number of thioether (sulfide) groups is 1. The van der Waals surface area contributed by atoms with E-state index in [1.807, 2.05) is 42.5 Å². The Morgan fingerprint density at radius 1 is 1.00 bits per heavy atom.